The smallest absolute Gasteiger partial charge is 0.255 e. The van der Waals surface area contributed by atoms with E-state index in [1.54, 1.807) is 18.2 Å². The number of benzene rings is 1. The third-order valence-electron chi connectivity index (χ3n) is 2.97. The van der Waals surface area contributed by atoms with E-state index in [9.17, 15) is 14.7 Å². The summed E-state index contributed by atoms with van der Waals surface area (Å²) < 4.78 is 0. The van der Waals surface area contributed by atoms with Crippen molar-refractivity contribution in [1.29, 1.82) is 0 Å². The second-order valence-corrected chi connectivity index (χ2v) is 5.64. The molecule has 0 amide bonds. The van der Waals surface area contributed by atoms with Crippen LogP contribution < -0.4 is 5.56 Å². The zero-order chi connectivity index (χ0) is 15.7. The maximum Gasteiger partial charge on any atom is 0.255 e. The zero-order valence-electron chi connectivity index (χ0n) is 11.6. The Hall–Kier alpha value is -2.61. The van der Waals surface area contributed by atoms with Crippen molar-refractivity contribution in [2.24, 2.45) is 0 Å². The van der Waals surface area contributed by atoms with Crippen molar-refractivity contribution in [3.8, 4) is 5.88 Å². The van der Waals surface area contributed by atoms with Crippen LogP contribution in [0, 0.1) is 6.92 Å². The van der Waals surface area contributed by atoms with Crippen LogP contribution in [0.4, 0.5) is 0 Å². The van der Waals surface area contributed by atoms with E-state index in [0.717, 1.165) is 34.7 Å². The molecule has 0 radical (unpaired) electrons. The van der Waals surface area contributed by atoms with Gasteiger partial charge in [0.2, 0.25) is 5.88 Å². The number of hydrogen-bond acceptors (Lipinski definition) is 6. The molecule has 22 heavy (non-hydrogen) atoms. The number of H-pyrrole nitrogens is 2. The van der Waals surface area contributed by atoms with Crippen LogP contribution in [0.2, 0.25) is 0 Å². The SMILES string of the molecule is Cc1nc2ccc(C(=O)CSc3nc(O)cc(=O)[nH]3)cc2[nH]1. The lowest BCUT2D eigenvalue weighted by molar-refractivity contribution is 0.102. The second-order valence-electron chi connectivity index (χ2n) is 4.67. The minimum absolute atomic E-state index is 0.102. The summed E-state index contributed by atoms with van der Waals surface area (Å²) in [5.74, 6) is 0.416. The van der Waals surface area contributed by atoms with Crippen molar-refractivity contribution in [3.05, 3.63) is 46.0 Å². The maximum absolute atomic E-state index is 12.2. The quantitative estimate of drug-likeness (QED) is 0.383. The number of nitrogens with zero attached hydrogens (tertiary/aromatic N) is 2. The van der Waals surface area contributed by atoms with E-state index in [1.165, 1.54) is 0 Å². The van der Waals surface area contributed by atoms with Gasteiger partial charge in [0.05, 0.1) is 22.9 Å². The summed E-state index contributed by atoms with van der Waals surface area (Å²) in [6, 6.07) is 6.21. The average Bonchev–Trinajstić information content (AvgIpc) is 2.82. The summed E-state index contributed by atoms with van der Waals surface area (Å²) in [5.41, 5.74) is 1.70. The van der Waals surface area contributed by atoms with Crippen molar-refractivity contribution < 1.29 is 9.90 Å². The minimum atomic E-state index is -0.461. The number of thioether (sulfide) groups is 1. The number of Topliss-reactive ketones (excluding diaryl/α,β-unsaturated/α-hetero) is 1. The van der Waals surface area contributed by atoms with Gasteiger partial charge in [0.1, 0.15) is 5.82 Å². The van der Waals surface area contributed by atoms with Crippen LogP contribution in [0.3, 0.4) is 0 Å². The summed E-state index contributed by atoms with van der Waals surface area (Å²) in [6.45, 7) is 1.85. The Labute approximate surface area is 128 Å². The molecule has 0 bridgehead atoms. The number of imidazole rings is 1. The fourth-order valence-corrected chi connectivity index (χ4v) is 2.78. The fraction of sp³-hybridized carbons (Fsp3) is 0.143. The van der Waals surface area contributed by atoms with Gasteiger partial charge in [-0.3, -0.25) is 9.59 Å². The predicted octanol–water partition coefficient (Wildman–Crippen LogP) is 1.64. The highest BCUT2D eigenvalue weighted by atomic mass is 32.2. The number of rotatable bonds is 4. The highest BCUT2D eigenvalue weighted by Gasteiger charge is 2.10. The van der Waals surface area contributed by atoms with Crippen LogP contribution in [0.5, 0.6) is 5.88 Å². The maximum atomic E-state index is 12.2. The lowest BCUT2D eigenvalue weighted by atomic mass is 10.1. The van der Waals surface area contributed by atoms with Crippen molar-refractivity contribution in [2.75, 3.05) is 5.75 Å². The summed E-state index contributed by atoms with van der Waals surface area (Å²) >= 11 is 1.06. The highest BCUT2D eigenvalue weighted by Crippen LogP contribution is 2.18. The molecular weight excluding hydrogens is 304 g/mol. The van der Waals surface area contributed by atoms with Crippen LogP contribution in [-0.2, 0) is 0 Å². The van der Waals surface area contributed by atoms with Gasteiger partial charge in [-0.1, -0.05) is 11.8 Å². The Morgan fingerprint density at radius 3 is 2.86 bits per heavy atom. The molecule has 0 spiro atoms. The minimum Gasteiger partial charge on any atom is -0.493 e. The number of aromatic nitrogens is 4. The molecule has 112 valence electrons. The molecule has 8 heteroatoms. The molecule has 0 atom stereocenters. The van der Waals surface area contributed by atoms with Crippen molar-refractivity contribution in [3.63, 3.8) is 0 Å². The molecule has 0 saturated heterocycles. The molecule has 3 N–H and O–H groups in total. The third kappa shape index (κ3) is 3.01. The van der Waals surface area contributed by atoms with E-state index in [2.05, 4.69) is 19.9 Å². The number of fused-ring (bicyclic) bond motifs is 1. The summed E-state index contributed by atoms with van der Waals surface area (Å²) in [4.78, 5) is 37.0. The molecule has 1 aromatic carbocycles. The molecular formula is C14H12N4O3S. The van der Waals surface area contributed by atoms with Crippen molar-refractivity contribution in [1.82, 2.24) is 19.9 Å². The van der Waals surface area contributed by atoms with E-state index in [1.807, 2.05) is 6.92 Å². The standard InChI is InChI=1S/C14H12N4O3S/c1-7-15-9-3-2-8(4-10(9)16-7)11(19)6-22-14-17-12(20)5-13(21)18-14/h2-5H,6H2,1H3,(H,15,16)(H2,17,18,20,21). The number of hydrogen-bond donors (Lipinski definition) is 3. The van der Waals surface area contributed by atoms with Gasteiger partial charge >= 0.3 is 0 Å². The molecule has 0 fully saturated rings. The number of carbonyl (C=O) groups is 1. The van der Waals surface area contributed by atoms with Crippen LogP contribution >= 0.6 is 11.8 Å². The number of aromatic amines is 2. The highest BCUT2D eigenvalue weighted by molar-refractivity contribution is 7.99. The molecule has 0 aliphatic rings. The number of carbonyl (C=O) groups excluding carboxylic acids is 1. The largest absolute Gasteiger partial charge is 0.493 e. The van der Waals surface area contributed by atoms with Gasteiger partial charge in [-0.15, -0.1) is 0 Å². The molecule has 3 aromatic rings. The molecule has 2 heterocycles. The van der Waals surface area contributed by atoms with Crippen LogP contribution in [-0.4, -0.2) is 36.6 Å². The lowest BCUT2D eigenvalue weighted by Crippen LogP contribution is -2.08. The van der Waals surface area contributed by atoms with Crippen LogP contribution in [0.1, 0.15) is 16.2 Å². The van der Waals surface area contributed by atoms with E-state index in [4.69, 9.17) is 0 Å². The molecule has 0 unspecified atom stereocenters. The van der Waals surface area contributed by atoms with Gasteiger partial charge in [-0.2, -0.15) is 4.98 Å². The van der Waals surface area contributed by atoms with Crippen LogP contribution in [0.25, 0.3) is 11.0 Å². The van der Waals surface area contributed by atoms with Gasteiger partial charge in [0.15, 0.2) is 10.9 Å². The Morgan fingerprint density at radius 1 is 1.27 bits per heavy atom. The molecule has 2 aromatic heterocycles. The van der Waals surface area contributed by atoms with Gasteiger partial charge in [-0.25, -0.2) is 4.98 Å². The van der Waals surface area contributed by atoms with E-state index in [0.29, 0.717) is 5.56 Å². The van der Waals surface area contributed by atoms with Gasteiger partial charge in [0, 0.05) is 5.56 Å². The van der Waals surface area contributed by atoms with Crippen molar-refractivity contribution in [2.45, 2.75) is 12.1 Å². The molecule has 0 aliphatic carbocycles. The Balaban J connectivity index is 1.76. The first-order chi connectivity index (χ1) is 10.5. The first-order valence-electron chi connectivity index (χ1n) is 6.44. The Morgan fingerprint density at radius 2 is 2.09 bits per heavy atom. The van der Waals surface area contributed by atoms with Crippen LogP contribution in [0.15, 0.2) is 34.2 Å². The molecule has 0 saturated carbocycles. The van der Waals surface area contributed by atoms with Gasteiger partial charge < -0.3 is 15.1 Å². The Bertz CT molecular complexity index is 916. The van der Waals surface area contributed by atoms with Gasteiger partial charge in [0.25, 0.3) is 5.56 Å². The first-order valence-corrected chi connectivity index (χ1v) is 7.42. The number of ketones is 1. The topological polar surface area (TPSA) is 112 Å². The van der Waals surface area contributed by atoms with Crippen molar-refractivity contribution >= 4 is 28.6 Å². The molecule has 3 rings (SSSR count). The number of aromatic hydroxyl groups is 1. The first kappa shape index (κ1) is 14.3. The average molecular weight is 316 g/mol. The second kappa shape index (κ2) is 5.64. The van der Waals surface area contributed by atoms with E-state index >= 15 is 0 Å². The predicted molar refractivity (Wildman–Crippen MR) is 82.4 cm³/mol. The van der Waals surface area contributed by atoms with Gasteiger partial charge in [-0.05, 0) is 25.1 Å². The summed E-state index contributed by atoms with van der Waals surface area (Å²) in [6.07, 6.45) is 0. The monoisotopic (exact) mass is 316 g/mol. The summed E-state index contributed by atoms with van der Waals surface area (Å²) in [7, 11) is 0. The molecule has 7 nitrogen and oxygen atoms in total. The normalized spacial score (nSPS) is 11.0. The van der Waals surface area contributed by atoms with E-state index in [-0.39, 0.29) is 22.6 Å². The number of aryl methyl sites for hydroxylation is 1. The molecule has 0 aliphatic heterocycles. The van der Waals surface area contributed by atoms with E-state index < -0.39 is 5.56 Å². The third-order valence-corrected chi connectivity index (χ3v) is 3.84. The number of nitrogens with one attached hydrogen (secondary N) is 2. The lowest BCUT2D eigenvalue weighted by Gasteiger charge is -2.01. The summed E-state index contributed by atoms with van der Waals surface area (Å²) in [5, 5.41) is 9.46. The fourth-order valence-electron chi connectivity index (χ4n) is 2.02. The Kier molecular flexibility index (Phi) is 3.68. The zero-order valence-corrected chi connectivity index (χ0v) is 12.4.